The zero-order valence-corrected chi connectivity index (χ0v) is 6.71. The molecule has 0 saturated carbocycles. The molecule has 0 aliphatic carbocycles. The van der Waals surface area contributed by atoms with Crippen molar-refractivity contribution >= 4 is 29.6 Å². The van der Waals surface area contributed by atoms with Gasteiger partial charge in [-0.2, -0.15) is 0 Å². The van der Waals surface area contributed by atoms with Crippen LogP contribution in [0.5, 0.6) is 0 Å². The predicted octanol–water partition coefficient (Wildman–Crippen LogP) is 1.17. The Morgan fingerprint density at radius 1 is 1.82 bits per heavy atom. The molecule has 0 N–H and O–H groups in total. The highest BCUT2D eigenvalue weighted by atomic mass is 35.5. The van der Waals surface area contributed by atoms with Gasteiger partial charge < -0.3 is 0 Å². The van der Waals surface area contributed by atoms with Crippen molar-refractivity contribution in [1.29, 1.82) is 0 Å². The van der Waals surface area contributed by atoms with Crippen molar-refractivity contribution in [2.45, 2.75) is 0 Å². The fourth-order valence-electron chi connectivity index (χ4n) is 0.561. The first-order chi connectivity index (χ1) is 5.13. The maximum atomic E-state index is 10.2. The summed E-state index contributed by atoms with van der Waals surface area (Å²) in [5, 5.41) is 10.1. The van der Waals surface area contributed by atoms with Gasteiger partial charge in [-0.25, -0.2) is 4.42 Å². The van der Waals surface area contributed by atoms with Crippen LogP contribution in [-0.2, 0) is 0 Å². The standard InChI is InChI=1S/C4H3Cl2N3O2/c5-4-3(9(10)11)1-7-2-8(4)6/h1H,2H2. The van der Waals surface area contributed by atoms with Crippen molar-refractivity contribution in [3.05, 3.63) is 21.0 Å². The lowest BCUT2D eigenvalue weighted by molar-refractivity contribution is -0.415. The Morgan fingerprint density at radius 2 is 2.45 bits per heavy atom. The van der Waals surface area contributed by atoms with E-state index in [2.05, 4.69) is 4.99 Å². The van der Waals surface area contributed by atoms with E-state index in [9.17, 15) is 10.1 Å². The van der Waals surface area contributed by atoms with Gasteiger partial charge in [-0.3, -0.25) is 15.1 Å². The lowest BCUT2D eigenvalue weighted by Crippen LogP contribution is -2.18. The number of hydrogen-bond donors (Lipinski definition) is 0. The van der Waals surface area contributed by atoms with Crippen LogP contribution in [0.2, 0.25) is 0 Å². The minimum Gasteiger partial charge on any atom is -0.263 e. The minimum atomic E-state index is -0.639. The van der Waals surface area contributed by atoms with Gasteiger partial charge in [0.1, 0.15) is 12.9 Å². The van der Waals surface area contributed by atoms with Crippen LogP contribution >= 0.6 is 23.4 Å². The molecule has 0 radical (unpaired) electrons. The molecule has 1 heterocycles. The van der Waals surface area contributed by atoms with Crippen LogP contribution in [-0.4, -0.2) is 22.2 Å². The smallest absolute Gasteiger partial charge is 0.263 e. The van der Waals surface area contributed by atoms with Crippen LogP contribution in [0.25, 0.3) is 0 Å². The van der Waals surface area contributed by atoms with Crippen molar-refractivity contribution in [2.24, 2.45) is 4.99 Å². The first-order valence-electron chi connectivity index (χ1n) is 2.60. The van der Waals surface area contributed by atoms with Crippen molar-refractivity contribution in [2.75, 3.05) is 6.67 Å². The Morgan fingerprint density at radius 3 is 2.91 bits per heavy atom. The number of nitro groups is 1. The number of aliphatic imine (C=N–C) groups is 1. The van der Waals surface area contributed by atoms with E-state index in [1.165, 1.54) is 0 Å². The number of halogens is 2. The van der Waals surface area contributed by atoms with Gasteiger partial charge in [0, 0.05) is 11.8 Å². The van der Waals surface area contributed by atoms with Gasteiger partial charge in [-0.15, -0.1) is 0 Å². The Balaban J connectivity index is 2.98. The van der Waals surface area contributed by atoms with Crippen molar-refractivity contribution in [1.82, 2.24) is 4.42 Å². The molecular formula is C4H3Cl2N3O2. The Hall–Kier alpha value is -0.810. The van der Waals surface area contributed by atoms with E-state index in [-0.39, 0.29) is 17.5 Å². The van der Waals surface area contributed by atoms with Gasteiger partial charge in [0.25, 0.3) is 0 Å². The predicted molar refractivity (Wildman–Crippen MR) is 40.9 cm³/mol. The zero-order chi connectivity index (χ0) is 8.43. The summed E-state index contributed by atoms with van der Waals surface area (Å²) in [6, 6.07) is 0. The molecule has 7 heteroatoms. The van der Waals surface area contributed by atoms with E-state index >= 15 is 0 Å². The third-order valence-corrected chi connectivity index (χ3v) is 1.80. The van der Waals surface area contributed by atoms with E-state index in [4.69, 9.17) is 23.4 Å². The molecule has 1 rings (SSSR count). The molecule has 0 unspecified atom stereocenters. The molecular weight excluding hydrogens is 193 g/mol. The normalized spacial score (nSPS) is 17.5. The third-order valence-electron chi connectivity index (χ3n) is 1.04. The molecule has 5 nitrogen and oxygen atoms in total. The monoisotopic (exact) mass is 195 g/mol. The highest BCUT2D eigenvalue weighted by Gasteiger charge is 2.22. The molecule has 1 aliphatic rings. The van der Waals surface area contributed by atoms with Crippen molar-refractivity contribution in [3.8, 4) is 0 Å². The molecule has 0 amide bonds. The Kier molecular flexibility index (Phi) is 2.31. The largest absolute Gasteiger partial charge is 0.323 e. The van der Waals surface area contributed by atoms with Crippen LogP contribution in [0, 0.1) is 10.1 Å². The number of rotatable bonds is 1. The lowest BCUT2D eigenvalue weighted by Gasteiger charge is -2.13. The summed E-state index contributed by atoms with van der Waals surface area (Å²) >= 11 is 10.9. The summed E-state index contributed by atoms with van der Waals surface area (Å²) in [4.78, 5) is 13.2. The molecule has 11 heavy (non-hydrogen) atoms. The number of allylic oxidation sites excluding steroid dienone is 1. The molecule has 1 aliphatic heterocycles. The van der Waals surface area contributed by atoms with E-state index in [0.717, 1.165) is 10.6 Å². The molecule has 0 spiro atoms. The maximum Gasteiger partial charge on any atom is 0.323 e. The zero-order valence-electron chi connectivity index (χ0n) is 5.20. The fraction of sp³-hybridized carbons (Fsp3) is 0.250. The second-order valence-corrected chi connectivity index (χ2v) is 2.51. The van der Waals surface area contributed by atoms with Gasteiger partial charge in [0.15, 0.2) is 0 Å². The van der Waals surface area contributed by atoms with Crippen LogP contribution in [0.3, 0.4) is 0 Å². The van der Waals surface area contributed by atoms with Crippen LogP contribution < -0.4 is 0 Å². The van der Waals surface area contributed by atoms with Crippen LogP contribution in [0.1, 0.15) is 0 Å². The molecule has 0 aromatic rings. The van der Waals surface area contributed by atoms with E-state index in [1.54, 1.807) is 0 Å². The quantitative estimate of drug-likeness (QED) is 0.273. The first kappa shape index (κ1) is 8.29. The SMILES string of the molecule is O=[N+]([O-])C1=C(Cl)N(Cl)CN=C1. The first-order valence-corrected chi connectivity index (χ1v) is 3.32. The molecule has 0 bridgehead atoms. The van der Waals surface area contributed by atoms with E-state index in [1.807, 2.05) is 0 Å². The Bertz CT molecular complexity index is 250. The van der Waals surface area contributed by atoms with E-state index in [0.29, 0.717) is 0 Å². The molecule has 60 valence electrons. The summed E-state index contributed by atoms with van der Waals surface area (Å²) in [5.74, 6) is 0. The molecule has 0 atom stereocenters. The third kappa shape index (κ3) is 1.61. The number of nitrogens with zero attached hydrogens (tertiary/aromatic N) is 3. The lowest BCUT2D eigenvalue weighted by atomic mass is 10.5. The van der Waals surface area contributed by atoms with Gasteiger partial charge in [0.2, 0.25) is 5.16 Å². The summed E-state index contributed by atoms with van der Waals surface area (Å²) in [5.41, 5.74) is -0.284. The van der Waals surface area contributed by atoms with Crippen LogP contribution in [0.4, 0.5) is 0 Å². The van der Waals surface area contributed by atoms with Gasteiger partial charge in [-0.1, -0.05) is 11.6 Å². The van der Waals surface area contributed by atoms with Crippen molar-refractivity contribution < 1.29 is 4.92 Å². The van der Waals surface area contributed by atoms with E-state index < -0.39 is 4.92 Å². The fourth-order valence-corrected chi connectivity index (χ4v) is 0.881. The summed E-state index contributed by atoms with van der Waals surface area (Å²) < 4.78 is 0.972. The highest BCUT2D eigenvalue weighted by molar-refractivity contribution is 6.34. The summed E-state index contributed by atoms with van der Waals surface area (Å²) in [6.45, 7) is 0.137. The molecule has 0 saturated heterocycles. The second-order valence-electron chi connectivity index (χ2n) is 1.75. The average Bonchev–Trinajstić information content (AvgIpc) is 1.94. The topological polar surface area (TPSA) is 58.7 Å². The number of hydrogen-bond acceptors (Lipinski definition) is 4. The highest BCUT2D eigenvalue weighted by Crippen LogP contribution is 2.19. The average molecular weight is 196 g/mol. The molecule has 0 aromatic heterocycles. The Labute approximate surface area is 72.2 Å². The van der Waals surface area contributed by atoms with Gasteiger partial charge in [-0.05, 0) is 0 Å². The summed E-state index contributed by atoms with van der Waals surface area (Å²) in [7, 11) is 0. The van der Waals surface area contributed by atoms with Crippen LogP contribution in [0.15, 0.2) is 15.8 Å². The molecule has 0 fully saturated rings. The maximum absolute atomic E-state index is 10.2. The molecule has 0 aromatic carbocycles. The second kappa shape index (κ2) is 3.06. The van der Waals surface area contributed by atoms with Crippen molar-refractivity contribution in [3.63, 3.8) is 0 Å². The minimum absolute atomic E-state index is 0.105. The van der Waals surface area contributed by atoms with Gasteiger partial charge in [0.05, 0.1) is 4.92 Å². The summed E-state index contributed by atoms with van der Waals surface area (Å²) in [6.07, 6.45) is 1.08. The van der Waals surface area contributed by atoms with Gasteiger partial charge >= 0.3 is 5.70 Å².